The van der Waals surface area contributed by atoms with Gasteiger partial charge in [0.15, 0.2) is 0 Å². The summed E-state index contributed by atoms with van der Waals surface area (Å²) in [5.41, 5.74) is 0.799. The number of carbonyl (C=O) groups is 4. The number of ketones is 1. The Hall–Kier alpha value is -2.90. The number of alkyl carbamates (subject to hydrolysis) is 1. The highest BCUT2D eigenvalue weighted by Gasteiger charge is 2.29. The van der Waals surface area contributed by atoms with Crippen LogP contribution in [-0.4, -0.2) is 40.9 Å². The standard InChI is InChI=1S/C19H26N2O6/c1-12(2)16(17(23)20-15(18(24)25)10-9-13(3)22)21-19(26)27-11-14-7-5-4-6-8-14/h4-8,12,15-16H,9-11H2,1-3H3,(H,20,23)(H,21,26)(H,24,25)/t15-,16-/m0/s1. The van der Waals surface area contributed by atoms with E-state index >= 15 is 0 Å². The molecule has 0 aliphatic carbocycles. The van der Waals surface area contributed by atoms with Crippen LogP contribution in [0.2, 0.25) is 0 Å². The Labute approximate surface area is 158 Å². The van der Waals surface area contributed by atoms with Gasteiger partial charge >= 0.3 is 12.1 Å². The van der Waals surface area contributed by atoms with E-state index in [1.807, 2.05) is 18.2 Å². The fourth-order valence-electron chi connectivity index (χ4n) is 2.29. The van der Waals surface area contributed by atoms with E-state index in [1.165, 1.54) is 6.92 Å². The first-order valence-electron chi connectivity index (χ1n) is 8.70. The molecule has 148 valence electrons. The van der Waals surface area contributed by atoms with Crippen molar-refractivity contribution >= 4 is 23.8 Å². The zero-order valence-corrected chi connectivity index (χ0v) is 15.7. The molecule has 0 bridgehead atoms. The van der Waals surface area contributed by atoms with Crippen LogP contribution in [0.1, 0.15) is 39.2 Å². The number of hydrogen-bond acceptors (Lipinski definition) is 5. The van der Waals surface area contributed by atoms with Gasteiger partial charge in [-0.2, -0.15) is 0 Å². The van der Waals surface area contributed by atoms with Crippen LogP contribution in [0.5, 0.6) is 0 Å². The SMILES string of the molecule is CC(=O)CC[C@H](NC(=O)[C@@H](NC(=O)OCc1ccccc1)C(C)C)C(=O)O. The van der Waals surface area contributed by atoms with E-state index in [2.05, 4.69) is 10.6 Å². The van der Waals surface area contributed by atoms with Gasteiger partial charge in [0.1, 0.15) is 24.5 Å². The minimum absolute atomic E-state index is 0.0142. The number of benzene rings is 1. The predicted octanol–water partition coefficient (Wildman–Crippen LogP) is 1.88. The van der Waals surface area contributed by atoms with Crippen molar-refractivity contribution in [1.82, 2.24) is 10.6 Å². The van der Waals surface area contributed by atoms with E-state index in [4.69, 9.17) is 4.74 Å². The molecule has 27 heavy (non-hydrogen) atoms. The molecule has 0 radical (unpaired) electrons. The molecule has 0 aliphatic rings. The molecule has 0 aliphatic heterocycles. The van der Waals surface area contributed by atoms with Crippen molar-refractivity contribution in [3.05, 3.63) is 35.9 Å². The number of rotatable bonds is 10. The number of Topliss-reactive ketones (excluding diaryl/α,β-unsaturated/α-hetero) is 1. The average molecular weight is 378 g/mol. The second-order valence-electron chi connectivity index (χ2n) is 6.57. The first-order chi connectivity index (χ1) is 12.7. The van der Waals surface area contributed by atoms with Crippen molar-refractivity contribution in [2.45, 2.75) is 52.3 Å². The summed E-state index contributed by atoms with van der Waals surface area (Å²) in [6.45, 7) is 4.83. The molecule has 2 amide bonds. The van der Waals surface area contributed by atoms with E-state index < -0.39 is 30.1 Å². The van der Waals surface area contributed by atoms with E-state index in [-0.39, 0.29) is 31.1 Å². The highest BCUT2D eigenvalue weighted by Crippen LogP contribution is 2.07. The van der Waals surface area contributed by atoms with E-state index in [1.54, 1.807) is 26.0 Å². The van der Waals surface area contributed by atoms with Crippen molar-refractivity contribution < 1.29 is 29.0 Å². The second kappa shape index (κ2) is 10.9. The minimum atomic E-state index is -1.24. The number of aliphatic carboxylic acids is 1. The lowest BCUT2D eigenvalue weighted by molar-refractivity contribution is -0.142. The van der Waals surface area contributed by atoms with Gasteiger partial charge in [-0.3, -0.25) is 4.79 Å². The molecule has 8 heteroatoms. The van der Waals surface area contributed by atoms with Crippen LogP contribution in [0.4, 0.5) is 4.79 Å². The number of carbonyl (C=O) groups excluding carboxylic acids is 3. The van der Waals surface area contributed by atoms with E-state index in [0.717, 1.165) is 5.56 Å². The summed E-state index contributed by atoms with van der Waals surface area (Å²) in [6.07, 6.45) is -0.751. The maximum atomic E-state index is 12.4. The Bertz CT molecular complexity index is 659. The monoisotopic (exact) mass is 378 g/mol. The topological polar surface area (TPSA) is 122 Å². The fourth-order valence-corrected chi connectivity index (χ4v) is 2.29. The zero-order chi connectivity index (χ0) is 20.4. The van der Waals surface area contributed by atoms with Crippen molar-refractivity contribution in [3.8, 4) is 0 Å². The van der Waals surface area contributed by atoms with Gasteiger partial charge < -0.3 is 25.3 Å². The smallest absolute Gasteiger partial charge is 0.408 e. The fraction of sp³-hybridized carbons (Fsp3) is 0.474. The molecule has 0 fully saturated rings. The lowest BCUT2D eigenvalue weighted by Gasteiger charge is -2.23. The third-order valence-corrected chi connectivity index (χ3v) is 3.83. The van der Waals surface area contributed by atoms with E-state index in [0.29, 0.717) is 0 Å². The molecule has 1 aromatic rings. The molecule has 2 atom stereocenters. The Balaban J connectivity index is 2.64. The number of hydrogen-bond donors (Lipinski definition) is 3. The Morgan fingerprint density at radius 3 is 2.22 bits per heavy atom. The van der Waals surface area contributed by atoms with Crippen molar-refractivity contribution in [3.63, 3.8) is 0 Å². The number of ether oxygens (including phenoxy) is 1. The van der Waals surface area contributed by atoms with Crippen molar-refractivity contribution in [2.75, 3.05) is 0 Å². The molecule has 3 N–H and O–H groups in total. The van der Waals surface area contributed by atoms with Crippen molar-refractivity contribution in [2.24, 2.45) is 5.92 Å². The van der Waals surface area contributed by atoms with Gasteiger partial charge in [-0.1, -0.05) is 44.2 Å². The third kappa shape index (κ3) is 8.35. The molecule has 1 rings (SSSR count). The van der Waals surface area contributed by atoms with Gasteiger partial charge in [-0.05, 0) is 24.8 Å². The molecule has 0 heterocycles. The average Bonchev–Trinajstić information content (AvgIpc) is 2.61. The number of amides is 2. The molecular weight excluding hydrogens is 352 g/mol. The molecule has 0 unspecified atom stereocenters. The van der Waals surface area contributed by atoms with E-state index in [9.17, 15) is 24.3 Å². The quantitative estimate of drug-likeness (QED) is 0.571. The first kappa shape index (κ1) is 22.1. The van der Waals surface area contributed by atoms with Gasteiger partial charge in [0, 0.05) is 6.42 Å². The van der Waals surface area contributed by atoms with Crippen LogP contribution in [0.15, 0.2) is 30.3 Å². The van der Waals surface area contributed by atoms with Gasteiger partial charge in [0.25, 0.3) is 0 Å². The number of carboxylic acids is 1. The van der Waals surface area contributed by atoms with Crippen LogP contribution < -0.4 is 10.6 Å². The molecular formula is C19H26N2O6. The first-order valence-corrected chi connectivity index (χ1v) is 8.70. The van der Waals surface area contributed by atoms with Crippen LogP contribution in [-0.2, 0) is 25.7 Å². The molecule has 0 aromatic heterocycles. The van der Waals surface area contributed by atoms with Gasteiger partial charge in [-0.25, -0.2) is 9.59 Å². The molecule has 8 nitrogen and oxygen atoms in total. The summed E-state index contributed by atoms with van der Waals surface area (Å²) < 4.78 is 5.10. The van der Waals surface area contributed by atoms with Crippen LogP contribution >= 0.6 is 0 Å². The number of carboxylic acid groups (broad SMARTS) is 1. The summed E-state index contributed by atoms with van der Waals surface area (Å²) in [5.74, 6) is -2.34. The van der Waals surface area contributed by atoms with Gasteiger partial charge in [0.2, 0.25) is 5.91 Å². The minimum Gasteiger partial charge on any atom is -0.480 e. The largest absolute Gasteiger partial charge is 0.480 e. The van der Waals surface area contributed by atoms with Crippen LogP contribution in [0, 0.1) is 5.92 Å². The normalized spacial score (nSPS) is 12.7. The lowest BCUT2D eigenvalue weighted by atomic mass is 10.0. The molecule has 0 saturated heterocycles. The molecule has 0 spiro atoms. The predicted molar refractivity (Wildman–Crippen MR) is 97.9 cm³/mol. The Morgan fingerprint density at radius 2 is 1.70 bits per heavy atom. The Morgan fingerprint density at radius 1 is 1.07 bits per heavy atom. The number of nitrogens with one attached hydrogen (secondary N) is 2. The summed E-state index contributed by atoms with van der Waals surface area (Å²) in [7, 11) is 0. The summed E-state index contributed by atoms with van der Waals surface area (Å²) in [4.78, 5) is 46.8. The molecule has 0 saturated carbocycles. The summed E-state index contributed by atoms with van der Waals surface area (Å²) in [6, 6.07) is 6.89. The lowest BCUT2D eigenvalue weighted by Crippen LogP contribution is -2.53. The highest BCUT2D eigenvalue weighted by molar-refractivity contribution is 5.89. The Kier molecular flexibility index (Phi) is 8.98. The highest BCUT2D eigenvalue weighted by atomic mass is 16.5. The van der Waals surface area contributed by atoms with Gasteiger partial charge in [0.05, 0.1) is 0 Å². The van der Waals surface area contributed by atoms with Crippen molar-refractivity contribution in [1.29, 1.82) is 0 Å². The summed E-state index contributed by atoms with van der Waals surface area (Å²) in [5, 5.41) is 14.0. The zero-order valence-electron chi connectivity index (χ0n) is 15.7. The second-order valence-corrected chi connectivity index (χ2v) is 6.57. The van der Waals surface area contributed by atoms with Crippen LogP contribution in [0.25, 0.3) is 0 Å². The van der Waals surface area contributed by atoms with Gasteiger partial charge in [-0.15, -0.1) is 0 Å². The maximum Gasteiger partial charge on any atom is 0.408 e. The maximum absolute atomic E-state index is 12.4. The third-order valence-electron chi connectivity index (χ3n) is 3.83. The summed E-state index contributed by atoms with van der Waals surface area (Å²) >= 11 is 0. The molecule has 1 aromatic carbocycles. The van der Waals surface area contributed by atoms with Crippen LogP contribution in [0.3, 0.4) is 0 Å².